The fourth-order valence-electron chi connectivity index (χ4n) is 9.46. The number of carbonyl (C=O) groups excluding carboxylic acids is 2. The van der Waals surface area contributed by atoms with Gasteiger partial charge in [-0.1, -0.05) is 39.0 Å². The van der Waals surface area contributed by atoms with E-state index in [-0.39, 0.29) is 53.2 Å². The first-order chi connectivity index (χ1) is 22.6. The molecule has 2 bridgehead atoms. The van der Waals surface area contributed by atoms with Crippen LogP contribution in [0.5, 0.6) is 0 Å². The van der Waals surface area contributed by atoms with Gasteiger partial charge < -0.3 is 24.8 Å². The van der Waals surface area contributed by atoms with Crippen molar-refractivity contribution >= 4 is 11.8 Å². The molecule has 0 amide bonds. The van der Waals surface area contributed by atoms with Crippen LogP contribution in [0.15, 0.2) is 34.6 Å². The molecular formula is C34H47N5O9. The zero-order chi connectivity index (χ0) is 34.9. The van der Waals surface area contributed by atoms with Gasteiger partial charge in [0.15, 0.2) is 0 Å². The van der Waals surface area contributed by atoms with Crippen LogP contribution in [0.25, 0.3) is 0 Å². The van der Waals surface area contributed by atoms with E-state index in [0.29, 0.717) is 19.3 Å². The van der Waals surface area contributed by atoms with Crippen LogP contribution in [0.1, 0.15) is 89.8 Å². The molecular weight excluding hydrogens is 622 g/mol. The van der Waals surface area contributed by atoms with Gasteiger partial charge in [0.25, 0.3) is 5.56 Å². The molecule has 0 radical (unpaired) electrons. The van der Waals surface area contributed by atoms with Gasteiger partial charge in [0.05, 0.1) is 18.4 Å². The van der Waals surface area contributed by atoms with Gasteiger partial charge in [-0.15, -0.1) is 11.7 Å². The van der Waals surface area contributed by atoms with Gasteiger partial charge in [-0.25, -0.2) is 9.48 Å². The van der Waals surface area contributed by atoms with Crippen LogP contribution in [-0.4, -0.2) is 76.0 Å². The third-order valence-corrected chi connectivity index (χ3v) is 12.6. The van der Waals surface area contributed by atoms with Gasteiger partial charge in [0.1, 0.15) is 42.6 Å². The Morgan fingerprint density at radius 3 is 2.67 bits per heavy atom. The summed E-state index contributed by atoms with van der Waals surface area (Å²) in [5, 5.41) is 41.5. The van der Waals surface area contributed by atoms with E-state index in [4.69, 9.17) is 9.47 Å². The second kappa shape index (κ2) is 12.1. The highest BCUT2D eigenvalue weighted by Gasteiger charge is 2.68. The highest BCUT2D eigenvalue weighted by Crippen LogP contribution is 2.68. The van der Waals surface area contributed by atoms with Crippen LogP contribution < -0.4 is 11.2 Å². The quantitative estimate of drug-likeness (QED) is 0.247. The number of aromatic amines is 1. The number of nitrogens with one attached hydrogen (secondary N) is 1. The average molecular weight is 670 g/mol. The highest BCUT2D eigenvalue weighted by atomic mass is 16.6. The average Bonchev–Trinajstić information content (AvgIpc) is 3.76. The molecule has 14 heteroatoms. The fourth-order valence-corrected chi connectivity index (χ4v) is 9.46. The first kappa shape index (κ1) is 34.4. The van der Waals surface area contributed by atoms with Gasteiger partial charge in [-0.2, -0.15) is 0 Å². The van der Waals surface area contributed by atoms with Crippen LogP contribution in [0, 0.1) is 40.9 Å². The standard InChI is InChI=1S/C34H47N5O9/c1-7-32(5)13-23(33(6)18(3)8-10-34(19(4)29(32)44)11-9-21(40)28(33)34)47-25(42)16-38-15-20(36-37-38)26(43)27-22(41)12-24(48-27)39-14-17(2)30(45)35-31(39)46/h7,14-15,18-19,22-24,26-29,41,43-44H,1,8-13,16H2,2-6H3,(H,35,45,46)/t18-,19+,22-,23-,24+,26-,27-,28-,29+,32-,33+,34+/m1/s1. The summed E-state index contributed by atoms with van der Waals surface area (Å²) in [7, 11) is 0. The van der Waals surface area contributed by atoms with E-state index in [0.717, 1.165) is 17.4 Å². The van der Waals surface area contributed by atoms with Gasteiger partial charge in [-0.3, -0.25) is 23.9 Å². The van der Waals surface area contributed by atoms with E-state index in [2.05, 4.69) is 42.6 Å². The summed E-state index contributed by atoms with van der Waals surface area (Å²) in [5.41, 5.74) is -2.73. The van der Waals surface area contributed by atoms with Crippen molar-refractivity contribution in [3.8, 4) is 0 Å². The van der Waals surface area contributed by atoms with Crippen molar-refractivity contribution in [2.75, 3.05) is 0 Å². The number of H-pyrrole nitrogens is 1. The predicted octanol–water partition coefficient (Wildman–Crippen LogP) is 1.73. The summed E-state index contributed by atoms with van der Waals surface area (Å²) in [6, 6.07) is 0. The number of carbonyl (C=O) groups is 2. The van der Waals surface area contributed by atoms with Crippen LogP contribution >= 0.6 is 0 Å². The lowest BCUT2D eigenvalue weighted by Crippen LogP contribution is -2.63. The Labute approximate surface area is 278 Å². The zero-order valence-electron chi connectivity index (χ0n) is 28.2. The van der Waals surface area contributed by atoms with Crippen molar-refractivity contribution in [3.05, 3.63) is 57.1 Å². The van der Waals surface area contributed by atoms with E-state index >= 15 is 0 Å². The van der Waals surface area contributed by atoms with Crippen molar-refractivity contribution in [2.24, 2.45) is 34.0 Å². The summed E-state index contributed by atoms with van der Waals surface area (Å²) in [6.45, 7) is 13.4. The number of ether oxygens (including phenoxy) is 2. The second-order valence-corrected chi connectivity index (χ2v) is 15.2. The normalized spacial score (nSPS) is 40.1. The molecule has 0 unspecified atom stereocenters. The zero-order valence-corrected chi connectivity index (χ0v) is 28.2. The largest absolute Gasteiger partial charge is 0.460 e. The Balaban J connectivity index is 1.20. The summed E-state index contributed by atoms with van der Waals surface area (Å²) in [6.07, 6.45) is 1.38. The molecule has 3 aliphatic carbocycles. The third kappa shape index (κ3) is 5.31. The van der Waals surface area contributed by atoms with Crippen molar-refractivity contribution in [3.63, 3.8) is 0 Å². The third-order valence-electron chi connectivity index (χ3n) is 12.6. The molecule has 1 aliphatic heterocycles. The first-order valence-electron chi connectivity index (χ1n) is 16.8. The number of aliphatic hydroxyl groups is 3. The van der Waals surface area contributed by atoms with E-state index in [1.807, 2.05) is 6.92 Å². The Kier molecular flexibility index (Phi) is 8.71. The van der Waals surface area contributed by atoms with E-state index < -0.39 is 64.8 Å². The number of esters is 1. The molecule has 4 fully saturated rings. The number of aromatic nitrogens is 5. The van der Waals surface area contributed by atoms with Crippen LogP contribution in [0.4, 0.5) is 0 Å². The van der Waals surface area contributed by atoms with Crippen molar-refractivity contribution in [1.29, 1.82) is 0 Å². The maximum atomic E-state index is 13.6. The topological polar surface area (TPSA) is 199 Å². The second-order valence-electron chi connectivity index (χ2n) is 15.2. The summed E-state index contributed by atoms with van der Waals surface area (Å²) >= 11 is 0. The summed E-state index contributed by atoms with van der Waals surface area (Å²) in [5.74, 6) is -0.852. The molecule has 4 aliphatic rings. The Bertz CT molecular complexity index is 1720. The molecule has 6 rings (SSSR count). The fraction of sp³-hybridized carbons (Fsp3) is 0.706. The molecule has 14 nitrogen and oxygen atoms in total. The van der Waals surface area contributed by atoms with Crippen molar-refractivity contribution in [2.45, 2.75) is 116 Å². The number of aryl methyl sites for hydroxylation is 1. The Morgan fingerprint density at radius 2 is 1.96 bits per heavy atom. The van der Waals surface area contributed by atoms with Crippen LogP contribution in [0.2, 0.25) is 0 Å². The number of rotatable bonds is 7. The minimum absolute atomic E-state index is 0.0198. The lowest BCUT2D eigenvalue weighted by atomic mass is 9.44. The molecule has 4 N–H and O–H groups in total. The molecule has 12 atom stereocenters. The molecule has 3 saturated carbocycles. The molecule has 2 aromatic rings. The van der Waals surface area contributed by atoms with E-state index in [1.54, 1.807) is 6.08 Å². The van der Waals surface area contributed by atoms with Crippen LogP contribution in [-0.2, 0) is 25.6 Å². The summed E-state index contributed by atoms with van der Waals surface area (Å²) in [4.78, 5) is 53.6. The molecule has 0 aromatic carbocycles. The number of ketones is 1. The number of hydrogen-bond acceptors (Lipinski definition) is 11. The lowest BCUT2D eigenvalue weighted by Gasteiger charge is -2.61. The Morgan fingerprint density at radius 1 is 1.23 bits per heavy atom. The first-order valence-corrected chi connectivity index (χ1v) is 16.8. The molecule has 1 saturated heterocycles. The molecule has 48 heavy (non-hydrogen) atoms. The summed E-state index contributed by atoms with van der Waals surface area (Å²) < 4.78 is 14.5. The van der Waals surface area contributed by atoms with E-state index in [1.165, 1.54) is 24.0 Å². The van der Waals surface area contributed by atoms with Crippen molar-refractivity contribution < 1.29 is 34.4 Å². The SMILES string of the molecule is C=C[C@]1(C)C[C@@H](OC(=O)Cn2cc([C@@H](O)[C@@H]3O[C@H](n4cc(C)c(=O)[nH]c4=O)C[C@H]3O)nn2)[C@]2(C)[C@H](C)CC[C@]3(CCC(=O)[C@@H]32)[C@@H](C)[C@@H]1O. The van der Waals surface area contributed by atoms with Gasteiger partial charge >= 0.3 is 11.7 Å². The Hall–Kier alpha value is -3.46. The smallest absolute Gasteiger partial charge is 0.330 e. The van der Waals surface area contributed by atoms with Crippen LogP contribution in [0.3, 0.4) is 0 Å². The molecule has 0 spiro atoms. The van der Waals surface area contributed by atoms with Crippen molar-refractivity contribution in [1.82, 2.24) is 24.5 Å². The number of Topliss-reactive ketones (excluding diaryl/α,β-unsaturated/α-hetero) is 1. The van der Waals surface area contributed by atoms with E-state index in [9.17, 15) is 34.5 Å². The minimum Gasteiger partial charge on any atom is -0.460 e. The van der Waals surface area contributed by atoms with Gasteiger partial charge in [0, 0.05) is 41.3 Å². The number of aliphatic hydroxyl groups excluding tert-OH is 3. The maximum Gasteiger partial charge on any atom is 0.330 e. The number of hydrogen-bond donors (Lipinski definition) is 4. The highest BCUT2D eigenvalue weighted by molar-refractivity contribution is 5.85. The van der Waals surface area contributed by atoms with Gasteiger partial charge in [-0.05, 0) is 49.9 Å². The minimum atomic E-state index is -1.44. The molecule has 2 aromatic heterocycles. The predicted molar refractivity (Wildman–Crippen MR) is 170 cm³/mol. The molecule has 3 heterocycles. The number of nitrogens with zero attached hydrogens (tertiary/aromatic N) is 4. The lowest BCUT2D eigenvalue weighted by molar-refractivity contribution is -0.207. The molecule has 262 valence electrons. The monoisotopic (exact) mass is 669 g/mol. The maximum absolute atomic E-state index is 13.6. The van der Waals surface area contributed by atoms with Gasteiger partial charge in [0.2, 0.25) is 0 Å².